The predicted molar refractivity (Wildman–Crippen MR) is 63.0 cm³/mol. The third kappa shape index (κ3) is 2.54. The van der Waals surface area contributed by atoms with Crippen LogP contribution in [0.5, 0.6) is 0 Å². The maximum atomic E-state index is 6.18. The van der Waals surface area contributed by atoms with E-state index < -0.39 is 0 Å². The molecule has 1 unspecified atom stereocenters. The fourth-order valence-corrected chi connectivity index (χ4v) is 2.91. The number of rotatable bonds is 2. The number of ether oxygens (including phenoxy) is 1. The molecule has 2 saturated heterocycles. The van der Waals surface area contributed by atoms with Crippen molar-refractivity contribution in [3.8, 4) is 0 Å². The molecule has 0 bridgehead atoms. The Balaban J connectivity index is 1.83. The Morgan fingerprint density at radius 2 is 1.93 bits per heavy atom. The Hall–Kier alpha value is -0.0800. The molecule has 88 valence electrons. The zero-order chi connectivity index (χ0) is 10.7. The van der Waals surface area contributed by atoms with Crippen molar-refractivity contribution in [3.05, 3.63) is 0 Å². The second kappa shape index (κ2) is 4.84. The lowest BCUT2D eigenvalue weighted by Crippen LogP contribution is -2.48. The van der Waals surface area contributed by atoms with Crippen molar-refractivity contribution in [2.24, 2.45) is 5.92 Å². The zero-order valence-electron chi connectivity index (χ0n) is 10.3. The molecule has 15 heavy (non-hydrogen) atoms. The lowest BCUT2D eigenvalue weighted by atomic mass is 9.81. The third-order valence-electron chi connectivity index (χ3n) is 4.43. The van der Waals surface area contributed by atoms with Gasteiger partial charge in [-0.1, -0.05) is 20.3 Å². The molecule has 2 aliphatic rings. The number of likely N-dealkylation sites (tertiary alicyclic amines) is 1. The van der Waals surface area contributed by atoms with E-state index in [0.717, 1.165) is 12.5 Å². The average molecular weight is 211 g/mol. The van der Waals surface area contributed by atoms with E-state index in [1.54, 1.807) is 0 Å². The maximum absolute atomic E-state index is 6.18. The summed E-state index contributed by atoms with van der Waals surface area (Å²) in [6.45, 7) is 9.25. The largest absolute Gasteiger partial charge is 0.375 e. The summed E-state index contributed by atoms with van der Waals surface area (Å²) in [6.07, 6.45) is 6.51. The molecule has 0 aliphatic carbocycles. The van der Waals surface area contributed by atoms with Gasteiger partial charge in [-0.2, -0.15) is 0 Å². The van der Waals surface area contributed by atoms with E-state index in [2.05, 4.69) is 18.7 Å². The first-order chi connectivity index (χ1) is 7.28. The highest BCUT2D eigenvalue weighted by Gasteiger charge is 2.38. The van der Waals surface area contributed by atoms with Gasteiger partial charge in [0.15, 0.2) is 0 Å². The third-order valence-corrected chi connectivity index (χ3v) is 4.43. The van der Waals surface area contributed by atoms with Crippen LogP contribution in [0.1, 0.15) is 46.0 Å². The first-order valence-corrected chi connectivity index (χ1v) is 6.64. The van der Waals surface area contributed by atoms with Crippen molar-refractivity contribution in [1.29, 1.82) is 0 Å². The number of hydrogen-bond donors (Lipinski definition) is 0. The Morgan fingerprint density at radius 3 is 2.40 bits per heavy atom. The van der Waals surface area contributed by atoms with E-state index in [0.29, 0.717) is 0 Å². The smallest absolute Gasteiger partial charge is 0.0707 e. The number of nitrogens with zero attached hydrogens (tertiary/aromatic N) is 1. The van der Waals surface area contributed by atoms with E-state index >= 15 is 0 Å². The number of piperidine rings is 1. The molecule has 0 saturated carbocycles. The Kier molecular flexibility index (Phi) is 3.68. The summed E-state index contributed by atoms with van der Waals surface area (Å²) in [7, 11) is 0. The van der Waals surface area contributed by atoms with Crippen LogP contribution in [0.25, 0.3) is 0 Å². The molecule has 2 fully saturated rings. The van der Waals surface area contributed by atoms with E-state index in [1.165, 1.54) is 51.7 Å². The van der Waals surface area contributed by atoms with Crippen LogP contribution in [-0.2, 0) is 4.74 Å². The monoisotopic (exact) mass is 211 g/mol. The molecule has 1 atom stereocenters. The fourth-order valence-electron chi connectivity index (χ4n) is 2.91. The lowest BCUT2D eigenvalue weighted by Gasteiger charge is -2.45. The standard InChI is InChI=1S/C13H25NO/c1-3-12-5-6-13(15-11-12)7-9-14(4-2)10-8-13/h12H,3-11H2,1-2H3. The van der Waals surface area contributed by atoms with Crippen molar-refractivity contribution < 1.29 is 4.74 Å². The highest BCUT2D eigenvalue weighted by molar-refractivity contribution is 4.90. The highest BCUT2D eigenvalue weighted by Crippen LogP contribution is 2.37. The van der Waals surface area contributed by atoms with Crippen LogP contribution in [0.4, 0.5) is 0 Å². The van der Waals surface area contributed by atoms with Gasteiger partial charge < -0.3 is 9.64 Å². The Bertz CT molecular complexity index is 163. The molecule has 2 nitrogen and oxygen atoms in total. The van der Waals surface area contributed by atoms with Crippen molar-refractivity contribution in [1.82, 2.24) is 4.90 Å². The van der Waals surface area contributed by atoms with E-state index in [9.17, 15) is 0 Å². The van der Waals surface area contributed by atoms with Gasteiger partial charge in [-0.15, -0.1) is 0 Å². The summed E-state index contributed by atoms with van der Waals surface area (Å²) in [6, 6.07) is 0. The van der Waals surface area contributed by atoms with Crippen LogP contribution in [0.15, 0.2) is 0 Å². The zero-order valence-corrected chi connectivity index (χ0v) is 10.3. The van der Waals surface area contributed by atoms with Gasteiger partial charge in [0, 0.05) is 13.1 Å². The summed E-state index contributed by atoms with van der Waals surface area (Å²) in [4.78, 5) is 2.54. The van der Waals surface area contributed by atoms with Crippen LogP contribution in [0, 0.1) is 5.92 Å². The van der Waals surface area contributed by atoms with Crippen molar-refractivity contribution in [2.45, 2.75) is 51.6 Å². The van der Waals surface area contributed by atoms with Gasteiger partial charge in [-0.3, -0.25) is 0 Å². The molecule has 2 aliphatic heterocycles. The van der Waals surface area contributed by atoms with Crippen molar-refractivity contribution in [3.63, 3.8) is 0 Å². The molecular formula is C13H25NO. The Labute approximate surface area is 94.0 Å². The molecule has 0 radical (unpaired) electrons. The second-order valence-corrected chi connectivity index (χ2v) is 5.24. The van der Waals surface area contributed by atoms with Crippen LogP contribution < -0.4 is 0 Å². The van der Waals surface area contributed by atoms with Crippen LogP contribution in [0.2, 0.25) is 0 Å². The van der Waals surface area contributed by atoms with E-state index in [-0.39, 0.29) is 5.60 Å². The van der Waals surface area contributed by atoms with E-state index in [4.69, 9.17) is 4.74 Å². The summed E-state index contributed by atoms with van der Waals surface area (Å²) in [5, 5.41) is 0. The van der Waals surface area contributed by atoms with Gasteiger partial charge in [0.1, 0.15) is 0 Å². The highest BCUT2D eigenvalue weighted by atomic mass is 16.5. The average Bonchev–Trinajstić information content (AvgIpc) is 2.31. The van der Waals surface area contributed by atoms with Gasteiger partial charge >= 0.3 is 0 Å². The molecule has 0 aromatic carbocycles. The van der Waals surface area contributed by atoms with Crippen molar-refractivity contribution in [2.75, 3.05) is 26.2 Å². The minimum Gasteiger partial charge on any atom is -0.375 e. The van der Waals surface area contributed by atoms with Crippen LogP contribution in [0.3, 0.4) is 0 Å². The molecule has 2 rings (SSSR count). The molecular weight excluding hydrogens is 186 g/mol. The quantitative estimate of drug-likeness (QED) is 0.696. The summed E-state index contributed by atoms with van der Waals surface area (Å²) < 4.78 is 6.18. The minimum atomic E-state index is 0.275. The lowest BCUT2D eigenvalue weighted by molar-refractivity contribution is -0.129. The van der Waals surface area contributed by atoms with Crippen LogP contribution in [-0.4, -0.2) is 36.7 Å². The summed E-state index contributed by atoms with van der Waals surface area (Å²) in [5.41, 5.74) is 0.275. The minimum absolute atomic E-state index is 0.275. The maximum Gasteiger partial charge on any atom is 0.0707 e. The SMILES string of the molecule is CCC1CCC2(CCN(CC)CC2)OC1. The van der Waals surface area contributed by atoms with Gasteiger partial charge in [-0.05, 0) is 38.1 Å². The molecule has 1 spiro atoms. The molecule has 2 heterocycles. The van der Waals surface area contributed by atoms with Gasteiger partial charge in [0.05, 0.1) is 12.2 Å². The Morgan fingerprint density at radius 1 is 1.20 bits per heavy atom. The van der Waals surface area contributed by atoms with Crippen LogP contribution >= 0.6 is 0 Å². The second-order valence-electron chi connectivity index (χ2n) is 5.24. The number of hydrogen-bond acceptors (Lipinski definition) is 2. The molecule has 0 N–H and O–H groups in total. The molecule has 0 aromatic heterocycles. The van der Waals surface area contributed by atoms with Gasteiger partial charge in [0.25, 0.3) is 0 Å². The van der Waals surface area contributed by atoms with Gasteiger partial charge in [-0.25, -0.2) is 0 Å². The van der Waals surface area contributed by atoms with E-state index in [1.807, 2.05) is 0 Å². The topological polar surface area (TPSA) is 12.5 Å². The predicted octanol–water partition coefficient (Wildman–Crippen LogP) is 2.68. The normalized spacial score (nSPS) is 32.0. The summed E-state index contributed by atoms with van der Waals surface area (Å²) >= 11 is 0. The molecule has 0 aromatic rings. The molecule has 2 heteroatoms. The first-order valence-electron chi connectivity index (χ1n) is 6.64. The van der Waals surface area contributed by atoms with Gasteiger partial charge in [0.2, 0.25) is 0 Å². The first kappa shape index (κ1) is 11.4. The molecule has 0 amide bonds. The van der Waals surface area contributed by atoms with Crippen molar-refractivity contribution >= 4 is 0 Å². The fraction of sp³-hybridized carbons (Fsp3) is 1.00. The summed E-state index contributed by atoms with van der Waals surface area (Å²) in [5.74, 6) is 0.833.